The number of hydrogen-bond acceptors (Lipinski definition) is 6. The van der Waals surface area contributed by atoms with Gasteiger partial charge < -0.3 is 15.0 Å². The van der Waals surface area contributed by atoms with Crippen LogP contribution in [-0.2, 0) is 19.1 Å². The zero-order valence-electron chi connectivity index (χ0n) is 15.8. The largest absolute Gasteiger partial charge is 0.452 e. The fourth-order valence-corrected chi connectivity index (χ4v) is 3.77. The van der Waals surface area contributed by atoms with Crippen molar-refractivity contribution in [2.75, 3.05) is 22.5 Å². The van der Waals surface area contributed by atoms with E-state index in [0.717, 1.165) is 10.6 Å². The molecule has 2 amide bonds. The highest BCUT2D eigenvalue weighted by molar-refractivity contribution is 8.00. The van der Waals surface area contributed by atoms with E-state index in [4.69, 9.17) is 10.00 Å². The molecular weight excluding hydrogens is 390 g/mol. The Kier molecular flexibility index (Phi) is 6.52. The Hall–Kier alpha value is -3.31. The van der Waals surface area contributed by atoms with Gasteiger partial charge in [-0.15, -0.1) is 11.8 Å². The molecule has 8 heteroatoms. The number of carbonyl (C=O) groups is 3. The summed E-state index contributed by atoms with van der Waals surface area (Å²) in [7, 11) is 0. The molecule has 0 bridgehead atoms. The lowest BCUT2D eigenvalue weighted by Crippen LogP contribution is -2.38. The number of carbonyl (C=O) groups excluding carboxylic acids is 3. The van der Waals surface area contributed by atoms with Gasteiger partial charge in [0.25, 0.3) is 5.91 Å². The first-order valence-corrected chi connectivity index (χ1v) is 10.00. The second-order valence-corrected chi connectivity index (χ2v) is 7.35. The van der Waals surface area contributed by atoms with Crippen molar-refractivity contribution in [3.63, 3.8) is 0 Å². The highest BCUT2D eigenvalue weighted by atomic mass is 32.2. The van der Waals surface area contributed by atoms with Crippen LogP contribution >= 0.6 is 11.8 Å². The predicted molar refractivity (Wildman–Crippen MR) is 109 cm³/mol. The highest BCUT2D eigenvalue weighted by Crippen LogP contribution is 2.34. The Balaban J connectivity index is 1.55. The van der Waals surface area contributed by atoms with Gasteiger partial charge in [-0.05, 0) is 31.2 Å². The van der Waals surface area contributed by atoms with Crippen LogP contribution in [0, 0.1) is 11.3 Å². The van der Waals surface area contributed by atoms with Crippen molar-refractivity contribution in [3.8, 4) is 6.07 Å². The summed E-state index contributed by atoms with van der Waals surface area (Å²) >= 11 is 1.47. The fraction of sp³-hybridized carbons (Fsp3) is 0.238. The number of amides is 2. The van der Waals surface area contributed by atoms with E-state index in [1.807, 2.05) is 30.3 Å². The van der Waals surface area contributed by atoms with Crippen molar-refractivity contribution >= 4 is 40.9 Å². The quantitative estimate of drug-likeness (QED) is 0.737. The zero-order chi connectivity index (χ0) is 20.8. The van der Waals surface area contributed by atoms with Crippen molar-refractivity contribution in [3.05, 3.63) is 54.1 Å². The summed E-state index contributed by atoms with van der Waals surface area (Å²) < 4.78 is 5.20. The second-order valence-electron chi connectivity index (χ2n) is 6.33. The lowest BCUT2D eigenvalue weighted by molar-refractivity contribution is -0.152. The van der Waals surface area contributed by atoms with Crippen LogP contribution in [0.25, 0.3) is 0 Å². The third-order valence-electron chi connectivity index (χ3n) is 4.33. The Morgan fingerprint density at radius 3 is 2.76 bits per heavy atom. The predicted octanol–water partition coefficient (Wildman–Crippen LogP) is 2.96. The van der Waals surface area contributed by atoms with Gasteiger partial charge in [0.1, 0.15) is 6.07 Å². The highest BCUT2D eigenvalue weighted by Gasteiger charge is 2.26. The van der Waals surface area contributed by atoms with Crippen LogP contribution < -0.4 is 10.2 Å². The molecule has 1 aliphatic rings. The van der Waals surface area contributed by atoms with E-state index >= 15 is 0 Å². The van der Waals surface area contributed by atoms with E-state index in [2.05, 4.69) is 5.32 Å². The molecule has 1 aliphatic heterocycles. The van der Waals surface area contributed by atoms with E-state index in [1.165, 1.54) is 18.7 Å². The minimum Gasteiger partial charge on any atom is -0.452 e. The number of thioether (sulfide) groups is 1. The van der Waals surface area contributed by atoms with Gasteiger partial charge in [-0.2, -0.15) is 5.26 Å². The molecular formula is C21H19N3O4S. The first kappa shape index (κ1) is 20.4. The van der Waals surface area contributed by atoms with Gasteiger partial charge in [0.2, 0.25) is 5.91 Å². The molecule has 0 saturated heterocycles. The van der Waals surface area contributed by atoms with Gasteiger partial charge in [-0.3, -0.25) is 14.4 Å². The maximum atomic E-state index is 12.3. The number of ether oxygens (including phenoxy) is 1. The van der Waals surface area contributed by atoms with E-state index in [1.54, 1.807) is 29.2 Å². The van der Waals surface area contributed by atoms with Crippen molar-refractivity contribution < 1.29 is 19.1 Å². The minimum atomic E-state index is -1.03. The van der Waals surface area contributed by atoms with E-state index < -0.39 is 18.0 Å². The number of fused-ring (bicyclic) bond motifs is 1. The van der Waals surface area contributed by atoms with Gasteiger partial charge in [-0.25, -0.2) is 0 Å². The monoisotopic (exact) mass is 409 g/mol. The van der Waals surface area contributed by atoms with E-state index in [0.29, 0.717) is 17.0 Å². The van der Waals surface area contributed by atoms with E-state index in [9.17, 15) is 14.4 Å². The summed E-state index contributed by atoms with van der Waals surface area (Å²) in [4.78, 5) is 39.3. The smallest absolute Gasteiger partial charge is 0.308 e. The van der Waals surface area contributed by atoms with Crippen LogP contribution in [-0.4, -0.2) is 36.2 Å². The van der Waals surface area contributed by atoms with Crippen LogP contribution in [0.2, 0.25) is 0 Å². The summed E-state index contributed by atoms with van der Waals surface area (Å²) in [5, 5.41) is 11.7. The summed E-state index contributed by atoms with van der Waals surface area (Å²) in [6.07, 6.45) is -1.06. The summed E-state index contributed by atoms with van der Waals surface area (Å²) in [6, 6.07) is 16.1. The van der Waals surface area contributed by atoms with E-state index in [-0.39, 0.29) is 18.9 Å². The molecule has 7 nitrogen and oxygen atoms in total. The number of nitrogens with one attached hydrogen (secondary N) is 1. The molecule has 0 aromatic heterocycles. The van der Waals surface area contributed by atoms with Crippen LogP contribution in [0.5, 0.6) is 0 Å². The van der Waals surface area contributed by atoms with Gasteiger partial charge >= 0.3 is 5.97 Å². The number of nitriles is 1. The summed E-state index contributed by atoms with van der Waals surface area (Å²) in [5.74, 6) is -0.856. The number of rotatable bonds is 6. The van der Waals surface area contributed by atoms with Crippen molar-refractivity contribution in [1.82, 2.24) is 0 Å². The van der Waals surface area contributed by atoms with Crippen molar-refractivity contribution in [1.29, 1.82) is 5.26 Å². The molecule has 2 aromatic carbocycles. The minimum absolute atomic E-state index is 0.0306. The molecule has 1 heterocycles. The molecule has 0 unspecified atom stereocenters. The molecule has 0 spiro atoms. The summed E-state index contributed by atoms with van der Waals surface area (Å²) in [5.41, 5.74) is 1.45. The van der Waals surface area contributed by atoms with Crippen molar-refractivity contribution in [2.24, 2.45) is 0 Å². The van der Waals surface area contributed by atoms with Crippen LogP contribution in [0.4, 0.5) is 11.4 Å². The second kappa shape index (κ2) is 9.26. The molecule has 29 heavy (non-hydrogen) atoms. The first-order chi connectivity index (χ1) is 14.0. The number of anilines is 2. The fourth-order valence-electron chi connectivity index (χ4n) is 2.84. The first-order valence-electron chi connectivity index (χ1n) is 9.01. The number of esters is 1. The molecule has 0 saturated carbocycles. The maximum absolute atomic E-state index is 12.3. The Labute approximate surface area is 172 Å². The molecule has 3 rings (SSSR count). The maximum Gasteiger partial charge on any atom is 0.308 e. The molecule has 2 aromatic rings. The SMILES string of the molecule is C[C@@H](OC(=O)CCN1C(=O)CSc2ccccc21)C(=O)Nc1ccccc1C#N. The lowest BCUT2D eigenvalue weighted by Gasteiger charge is -2.28. The lowest BCUT2D eigenvalue weighted by atomic mass is 10.2. The molecule has 1 N–H and O–H groups in total. The number of nitrogens with zero attached hydrogens (tertiary/aromatic N) is 2. The Morgan fingerprint density at radius 1 is 1.24 bits per heavy atom. The van der Waals surface area contributed by atoms with Crippen LogP contribution in [0.3, 0.4) is 0 Å². The number of hydrogen-bond donors (Lipinski definition) is 1. The normalized spacial score (nSPS) is 13.8. The average Bonchev–Trinajstić information content (AvgIpc) is 2.73. The number of benzene rings is 2. The van der Waals surface area contributed by atoms with Gasteiger partial charge in [0.15, 0.2) is 6.10 Å². The Bertz CT molecular complexity index is 986. The summed E-state index contributed by atoms with van der Waals surface area (Å²) in [6.45, 7) is 1.64. The van der Waals surface area contributed by atoms with Crippen LogP contribution in [0.1, 0.15) is 18.9 Å². The zero-order valence-corrected chi connectivity index (χ0v) is 16.6. The molecule has 0 aliphatic carbocycles. The third kappa shape index (κ3) is 4.95. The Morgan fingerprint density at radius 2 is 1.97 bits per heavy atom. The molecule has 148 valence electrons. The van der Waals surface area contributed by atoms with Gasteiger partial charge in [0.05, 0.1) is 29.1 Å². The van der Waals surface area contributed by atoms with Gasteiger partial charge in [-0.1, -0.05) is 24.3 Å². The van der Waals surface area contributed by atoms with Crippen molar-refractivity contribution in [2.45, 2.75) is 24.3 Å². The number of para-hydroxylation sites is 2. The topological polar surface area (TPSA) is 99.5 Å². The van der Waals surface area contributed by atoms with Crippen LogP contribution in [0.15, 0.2) is 53.4 Å². The molecule has 0 fully saturated rings. The average molecular weight is 409 g/mol. The molecule has 1 atom stereocenters. The van der Waals surface area contributed by atoms with Gasteiger partial charge in [0, 0.05) is 11.4 Å². The molecule has 0 radical (unpaired) electrons. The third-order valence-corrected chi connectivity index (χ3v) is 5.38. The standard InChI is InChI=1S/C21H19N3O4S/c1-14(21(27)23-16-7-3-2-6-15(16)12-22)28-20(26)10-11-24-17-8-4-5-9-18(17)29-13-19(24)25/h2-9,14H,10-11,13H2,1H3,(H,23,27)/t14-/m1/s1.